The summed E-state index contributed by atoms with van der Waals surface area (Å²) >= 11 is 0. The number of alkyl halides is 3. The summed E-state index contributed by atoms with van der Waals surface area (Å²) in [4.78, 5) is 21.1. The molecule has 0 radical (unpaired) electrons. The summed E-state index contributed by atoms with van der Waals surface area (Å²) in [5.74, 6) is -3.67. The predicted octanol–water partition coefficient (Wildman–Crippen LogP) is 1.55. The van der Waals surface area contributed by atoms with Gasteiger partial charge in [-0.15, -0.1) is 0 Å². The Morgan fingerprint density at radius 2 is 1.88 bits per heavy atom. The van der Waals surface area contributed by atoms with Gasteiger partial charge in [-0.1, -0.05) is 20.3 Å². The summed E-state index contributed by atoms with van der Waals surface area (Å²) in [5.41, 5.74) is 0. The highest BCUT2D eigenvalue weighted by atomic mass is 19.4. The Morgan fingerprint density at radius 1 is 1.38 bits per heavy atom. The van der Waals surface area contributed by atoms with Gasteiger partial charge in [0.15, 0.2) is 0 Å². The SMILES string of the molecule is CC[C@H](C)[C@@H](CC(=O)O)NC(=O)C(F)(F)F. The van der Waals surface area contributed by atoms with E-state index in [-0.39, 0.29) is 5.92 Å². The highest BCUT2D eigenvalue weighted by Crippen LogP contribution is 2.17. The zero-order chi connectivity index (χ0) is 12.9. The first-order valence-corrected chi connectivity index (χ1v) is 4.78. The maximum absolute atomic E-state index is 12.0. The molecule has 0 aromatic rings. The van der Waals surface area contributed by atoms with Gasteiger partial charge < -0.3 is 10.4 Å². The van der Waals surface area contributed by atoms with Crippen molar-refractivity contribution in [1.29, 1.82) is 0 Å². The van der Waals surface area contributed by atoms with Crippen LogP contribution in [0.1, 0.15) is 26.7 Å². The number of nitrogens with one attached hydrogen (secondary N) is 1. The van der Waals surface area contributed by atoms with Crippen LogP contribution >= 0.6 is 0 Å². The second-order valence-electron chi connectivity index (χ2n) is 3.56. The van der Waals surface area contributed by atoms with E-state index in [0.29, 0.717) is 6.42 Å². The standard InChI is InChI=1S/C9H14F3NO3/c1-3-5(2)6(4-7(14)15)13-8(16)9(10,11)12/h5-6H,3-4H2,1-2H3,(H,13,16)(H,14,15)/t5-,6+/m0/s1. The van der Waals surface area contributed by atoms with Crippen molar-refractivity contribution in [2.75, 3.05) is 0 Å². The third kappa shape index (κ3) is 4.99. The lowest BCUT2D eigenvalue weighted by Crippen LogP contribution is -2.46. The molecular weight excluding hydrogens is 227 g/mol. The molecule has 0 aliphatic carbocycles. The van der Waals surface area contributed by atoms with E-state index in [1.807, 2.05) is 0 Å². The summed E-state index contributed by atoms with van der Waals surface area (Å²) in [6, 6.07) is -1.00. The number of aliphatic carboxylic acids is 1. The van der Waals surface area contributed by atoms with E-state index < -0.39 is 30.5 Å². The average Bonchev–Trinajstić information content (AvgIpc) is 2.13. The van der Waals surface area contributed by atoms with Gasteiger partial charge in [0.25, 0.3) is 0 Å². The molecule has 0 spiro atoms. The minimum absolute atomic E-state index is 0.331. The fourth-order valence-electron chi connectivity index (χ4n) is 1.12. The van der Waals surface area contributed by atoms with Crippen molar-refractivity contribution in [3.63, 3.8) is 0 Å². The third-order valence-electron chi connectivity index (χ3n) is 2.30. The molecule has 1 amide bonds. The van der Waals surface area contributed by atoms with E-state index in [1.165, 1.54) is 0 Å². The van der Waals surface area contributed by atoms with Crippen LogP contribution in [-0.4, -0.2) is 29.2 Å². The molecule has 0 aliphatic rings. The number of carboxylic acids is 1. The molecule has 0 aliphatic heterocycles. The fraction of sp³-hybridized carbons (Fsp3) is 0.778. The van der Waals surface area contributed by atoms with Crippen LogP contribution in [0.15, 0.2) is 0 Å². The number of carboxylic acid groups (broad SMARTS) is 1. The van der Waals surface area contributed by atoms with Gasteiger partial charge in [-0.2, -0.15) is 13.2 Å². The molecule has 2 atom stereocenters. The average molecular weight is 241 g/mol. The molecule has 4 nitrogen and oxygen atoms in total. The van der Waals surface area contributed by atoms with Crippen LogP contribution in [0, 0.1) is 5.92 Å². The lowest BCUT2D eigenvalue weighted by atomic mass is 9.96. The minimum atomic E-state index is -4.98. The summed E-state index contributed by atoms with van der Waals surface area (Å²) in [6.45, 7) is 3.30. The molecule has 16 heavy (non-hydrogen) atoms. The quantitative estimate of drug-likeness (QED) is 0.767. The van der Waals surface area contributed by atoms with E-state index in [2.05, 4.69) is 0 Å². The Morgan fingerprint density at radius 3 is 2.19 bits per heavy atom. The fourth-order valence-corrected chi connectivity index (χ4v) is 1.12. The molecule has 0 aromatic heterocycles. The first-order valence-electron chi connectivity index (χ1n) is 4.78. The molecule has 2 N–H and O–H groups in total. The molecule has 7 heteroatoms. The Balaban J connectivity index is 4.55. The zero-order valence-corrected chi connectivity index (χ0v) is 8.97. The molecule has 0 bridgehead atoms. The van der Waals surface area contributed by atoms with Crippen LogP contribution in [-0.2, 0) is 9.59 Å². The highest BCUT2D eigenvalue weighted by molar-refractivity contribution is 5.82. The number of amides is 1. The van der Waals surface area contributed by atoms with Crippen molar-refractivity contribution in [2.24, 2.45) is 5.92 Å². The maximum Gasteiger partial charge on any atom is 0.471 e. The van der Waals surface area contributed by atoms with Crippen molar-refractivity contribution in [3.05, 3.63) is 0 Å². The van der Waals surface area contributed by atoms with Gasteiger partial charge in [0.1, 0.15) is 0 Å². The highest BCUT2D eigenvalue weighted by Gasteiger charge is 2.40. The van der Waals surface area contributed by atoms with E-state index >= 15 is 0 Å². The Labute approximate surface area is 90.8 Å². The molecule has 94 valence electrons. The number of hydrogen-bond donors (Lipinski definition) is 2. The molecule has 0 saturated heterocycles. The smallest absolute Gasteiger partial charge is 0.471 e. The van der Waals surface area contributed by atoms with Gasteiger partial charge in [-0.05, 0) is 5.92 Å². The first-order chi connectivity index (χ1) is 7.18. The number of carbonyl (C=O) groups is 2. The van der Waals surface area contributed by atoms with Crippen LogP contribution in [0.4, 0.5) is 13.2 Å². The summed E-state index contributed by atoms with van der Waals surface area (Å²) in [5, 5.41) is 10.2. The van der Waals surface area contributed by atoms with Gasteiger partial charge in [0, 0.05) is 6.04 Å². The van der Waals surface area contributed by atoms with E-state index in [1.54, 1.807) is 19.2 Å². The molecule has 0 aromatic carbocycles. The Kier molecular flexibility index (Phi) is 5.26. The third-order valence-corrected chi connectivity index (χ3v) is 2.30. The minimum Gasteiger partial charge on any atom is -0.481 e. The van der Waals surface area contributed by atoms with E-state index in [0.717, 1.165) is 0 Å². The van der Waals surface area contributed by atoms with E-state index in [9.17, 15) is 22.8 Å². The van der Waals surface area contributed by atoms with Gasteiger partial charge in [0.2, 0.25) is 0 Å². The molecule has 0 unspecified atom stereocenters. The summed E-state index contributed by atoms with van der Waals surface area (Å²) in [6.07, 6.45) is -5.02. The van der Waals surface area contributed by atoms with E-state index in [4.69, 9.17) is 5.11 Å². The van der Waals surface area contributed by atoms with Gasteiger partial charge in [-0.3, -0.25) is 9.59 Å². The number of hydrogen-bond acceptors (Lipinski definition) is 2. The van der Waals surface area contributed by atoms with Crippen LogP contribution in [0.5, 0.6) is 0 Å². The van der Waals surface area contributed by atoms with Crippen molar-refractivity contribution in [1.82, 2.24) is 5.32 Å². The second kappa shape index (κ2) is 5.72. The van der Waals surface area contributed by atoms with Crippen LogP contribution in [0.25, 0.3) is 0 Å². The lowest BCUT2D eigenvalue weighted by Gasteiger charge is -2.23. The normalized spacial score (nSPS) is 15.3. The van der Waals surface area contributed by atoms with Crippen LogP contribution in [0.3, 0.4) is 0 Å². The lowest BCUT2D eigenvalue weighted by molar-refractivity contribution is -0.175. The number of halogens is 3. The summed E-state index contributed by atoms with van der Waals surface area (Å²) < 4.78 is 35.9. The molecular formula is C9H14F3NO3. The van der Waals surface area contributed by atoms with Gasteiger partial charge >= 0.3 is 18.1 Å². The predicted molar refractivity (Wildman–Crippen MR) is 49.7 cm³/mol. The first kappa shape index (κ1) is 14.7. The monoisotopic (exact) mass is 241 g/mol. The summed E-state index contributed by atoms with van der Waals surface area (Å²) in [7, 11) is 0. The van der Waals surface area contributed by atoms with Crippen molar-refractivity contribution < 1.29 is 27.9 Å². The topological polar surface area (TPSA) is 66.4 Å². The van der Waals surface area contributed by atoms with Crippen LogP contribution < -0.4 is 5.32 Å². The maximum atomic E-state index is 12.0. The van der Waals surface area contributed by atoms with Gasteiger partial charge in [-0.25, -0.2) is 0 Å². The van der Waals surface area contributed by atoms with Gasteiger partial charge in [0.05, 0.1) is 6.42 Å². The molecule has 0 fully saturated rings. The Hall–Kier alpha value is -1.27. The van der Waals surface area contributed by atoms with Crippen molar-refractivity contribution in [2.45, 2.75) is 38.9 Å². The number of rotatable bonds is 5. The van der Waals surface area contributed by atoms with Crippen molar-refractivity contribution >= 4 is 11.9 Å². The molecule has 0 saturated carbocycles. The Bertz CT molecular complexity index is 265. The number of carbonyl (C=O) groups excluding carboxylic acids is 1. The largest absolute Gasteiger partial charge is 0.481 e. The zero-order valence-electron chi connectivity index (χ0n) is 8.97. The molecule has 0 rings (SSSR count). The van der Waals surface area contributed by atoms with Crippen LogP contribution in [0.2, 0.25) is 0 Å². The molecule has 0 heterocycles. The van der Waals surface area contributed by atoms with Crippen molar-refractivity contribution in [3.8, 4) is 0 Å². The second-order valence-corrected chi connectivity index (χ2v) is 3.56.